The number of nitrogens with one attached hydrogen (secondary N) is 1. The van der Waals surface area contributed by atoms with Gasteiger partial charge in [0.1, 0.15) is 0 Å². The second-order valence-electron chi connectivity index (χ2n) is 6.98. The molecule has 2 aromatic heterocycles. The number of H-pyrrole nitrogens is 1. The number of aromatic amines is 1. The third kappa shape index (κ3) is 3.89. The van der Waals surface area contributed by atoms with Crippen LogP contribution in [0.4, 0.5) is 5.95 Å². The van der Waals surface area contributed by atoms with Gasteiger partial charge >= 0.3 is 168 Å². The second-order valence-corrected chi connectivity index (χ2v) is 9.30. The van der Waals surface area contributed by atoms with Crippen molar-refractivity contribution >= 4 is 44.4 Å². The van der Waals surface area contributed by atoms with Crippen LogP contribution >= 0.6 is 7.82 Å². The summed E-state index contributed by atoms with van der Waals surface area (Å²) in [6, 6.07) is 0. The first-order valence-corrected chi connectivity index (χ1v) is 11.2. The Kier molecular flexibility index (Phi) is 5.24. The van der Waals surface area contributed by atoms with Crippen molar-refractivity contribution < 1.29 is 38.1 Å². The number of hydrogen-bond donors (Lipinski definition) is 4. The number of imidazole rings is 1. The molecule has 2 saturated heterocycles. The maximum absolute atomic E-state index is 12.2. The van der Waals surface area contributed by atoms with E-state index in [2.05, 4.69) is 15.0 Å². The van der Waals surface area contributed by atoms with Crippen molar-refractivity contribution in [3.05, 3.63) is 16.7 Å². The number of nitrogen functional groups attached to an aromatic ring is 1. The summed E-state index contributed by atoms with van der Waals surface area (Å²) in [5.41, 5.74) is 5.16. The van der Waals surface area contributed by atoms with Crippen LogP contribution in [0.3, 0.4) is 0 Å². The van der Waals surface area contributed by atoms with E-state index in [9.17, 15) is 19.3 Å². The van der Waals surface area contributed by atoms with Gasteiger partial charge in [0.05, 0.1) is 0 Å². The number of nitrogens with zero attached hydrogens (tertiary/aromatic N) is 3. The van der Waals surface area contributed by atoms with Crippen molar-refractivity contribution in [1.82, 2.24) is 19.5 Å². The zero-order chi connectivity index (χ0) is 21.6. The van der Waals surface area contributed by atoms with Gasteiger partial charge in [0.25, 0.3) is 0 Å². The van der Waals surface area contributed by atoms with Gasteiger partial charge in [0.2, 0.25) is 0 Å². The van der Waals surface area contributed by atoms with Gasteiger partial charge in [-0.2, -0.15) is 0 Å². The maximum atomic E-state index is 12.2. The van der Waals surface area contributed by atoms with Gasteiger partial charge < -0.3 is 0 Å². The molecular formula is C14H19BN5O9P. The Morgan fingerprint density at radius 3 is 2.97 bits per heavy atom. The van der Waals surface area contributed by atoms with Crippen LogP contribution in [0.25, 0.3) is 11.2 Å². The molecule has 0 bridgehead atoms. The van der Waals surface area contributed by atoms with Crippen molar-refractivity contribution in [3.8, 4) is 0 Å². The number of carbonyl (C=O) groups is 2. The summed E-state index contributed by atoms with van der Waals surface area (Å²) in [5, 5.41) is 8.79. The van der Waals surface area contributed by atoms with Crippen LogP contribution in [0.2, 0.25) is 0 Å². The first-order chi connectivity index (χ1) is 14.1. The van der Waals surface area contributed by atoms with Crippen LogP contribution in [0, 0.1) is 0 Å². The van der Waals surface area contributed by atoms with E-state index in [1.165, 1.54) is 18.5 Å². The number of carbonyl (C=O) groups excluding carboxylic acids is 1. The molecule has 16 heteroatoms. The van der Waals surface area contributed by atoms with Crippen LogP contribution < -0.4 is 11.3 Å². The Morgan fingerprint density at radius 2 is 2.23 bits per heavy atom. The van der Waals surface area contributed by atoms with Gasteiger partial charge in [-0.1, -0.05) is 0 Å². The average Bonchev–Trinajstić information content (AvgIpc) is 3.21. The molecule has 14 nitrogen and oxygen atoms in total. The molecule has 4 atom stereocenters. The quantitative estimate of drug-likeness (QED) is 0.222. The summed E-state index contributed by atoms with van der Waals surface area (Å²) in [6.07, 6.45) is -3.19. The number of nitrogens with two attached hydrogens (primary N) is 1. The zero-order valence-corrected chi connectivity index (χ0v) is 16.7. The van der Waals surface area contributed by atoms with Gasteiger partial charge in [-0.15, -0.1) is 0 Å². The number of hydrogen-bond acceptors (Lipinski definition) is 11. The molecule has 2 fully saturated rings. The molecule has 4 rings (SSSR count). The number of aliphatic carboxylic acids is 1. The van der Waals surface area contributed by atoms with Crippen LogP contribution in [0.5, 0.6) is 0 Å². The van der Waals surface area contributed by atoms with E-state index in [4.69, 9.17) is 29.4 Å². The molecule has 2 aliphatic heterocycles. The number of esters is 1. The first-order valence-electron chi connectivity index (χ1n) is 8.98. The van der Waals surface area contributed by atoms with Gasteiger partial charge in [-0.25, -0.2) is 0 Å². The molecule has 0 aliphatic carbocycles. The van der Waals surface area contributed by atoms with E-state index >= 15 is 0 Å². The topological polar surface area (TPSA) is 201 Å². The molecule has 5 N–H and O–H groups in total. The number of fused-ring (bicyclic) bond motifs is 2. The average molecular weight is 443 g/mol. The van der Waals surface area contributed by atoms with E-state index in [1.54, 1.807) is 0 Å². The summed E-state index contributed by atoms with van der Waals surface area (Å²) in [7, 11) is -2.06. The molecule has 4 heterocycles. The Hall–Kier alpha value is -2.58. The number of carboxylic acid groups (broad SMARTS) is 1. The molecule has 0 saturated carbocycles. The van der Waals surface area contributed by atoms with E-state index in [0.29, 0.717) is 0 Å². The number of rotatable bonds is 5. The second kappa shape index (κ2) is 7.59. The van der Waals surface area contributed by atoms with E-state index < -0.39 is 56.3 Å². The monoisotopic (exact) mass is 443 g/mol. The summed E-state index contributed by atoms with van der Waals surface area (Å²) in [5.74, 6) is -2.08. The molecule has 0 amide bonds. The van der Waals surface area contributed by atoms with Crippen molar-refractivity contribution in [3.63, 3.8) is 0 Å². The Morgan fingerprint density at radius 1 is 1.47 bits per heavy atom. The molecule has 30 heavy (non-hydrogen) atoms. The van der Waals surface area contributed by atoms with Gasteiger partial charge in [-0.3, -0.25) is 0 Å². The molecule has 0 spiro atoms. The molecule has 0 aromatic carbocycles. The predicted molar refractivity (Wildman–Crippen MR) is 103 cm³/mol. The fourth-order valence-corrected chi connectivity index (χ4v) is 4.74. The standard InChI is InChI=1S/C14H19BN5O9P/c15-30(25)26-3-5-9(29-30)10(28-7(23)2-1-6(21)22)13(27-5)20-4-17-8-11(20)18-14(16)19-12(8)24/h4-5,9-10,13,25,30H,1-3,15H2,(H,21,22)(H3,16,18,19,24)/t5-,9+,10?,13-/m1/s1. The van der Waals surface area contributed by atoms with Crippen molar-refractivity contribution in [2.24, 2.45) is 0 Å². The van der Waals surface area contributed by atoms with Crippen molar-refractivity contribution in [2.45, 2.75) is 37.4 Å². The van der Waals surface area contributed by atoms with Gasteiger partial charge in [-0.05, 0) is 0 Å². The van der Waals surface area contributed by atoms with E-state index in [1.807, 2.05) is 0 Å². The third-order valence-electron chi connectivity index (χ3n) is 4.69. The predicted octanol–water partition coefficient (Wildman–Crippen LogP) is -2.17. The molecule has 2 aromatic rings. The Balaban J connectivity index is 1.69. The van der Waals surface area contributed by atoms with Crippen LogP contribution in [-0.4, -0.2) is 73.9 Å². The number of anilines is 1. The number of aromatic nitrogens is 4. The summed E-state index contributed by atoms with van der Waals surface area (Å²) in [6.45, 7) is -0.00759. The zero-order valence-electron chi connectivity index (χ0n) is 15.7. The molecular weight excluding hydrogens is 424 g/mol. The molecule has 0 radical (unpaired) electrons. The van der Waals surface area contributed by atoms with Crippen molar-refractivity contribution in [2.75, 3.05) is 12.3 Å². The van der Waals surface area contributed by atoms with Gasteiger partial charge in [0.15, 0.2) is 0 Å². The van der Waals surface area contributed by atoms with E-state index in [-0.39, 0.29) is 30.1 Å². The fourth-order valence-electron chi connectivity index (χ4n) is 3.41. The SMILES string of the molecule is B[PH]1(O)OC[C@H]2O[C@@H](n3cnc4c(=O)[nH]c(N)nc43)C(OC(=O)CCC(=O)O)[C@H]2O1. The molecule has 2 aliphatic rings. The Bertz CT molecular complexity index is 1060. The number of carboxylic acids is 1. The summed E-state index contributed by atoms with van der Waals surface area (Å²) >= 11 is 0. The van der Waals surface area contributed by atoms with Crippen LogP contribution in [-0.2, 0) is 28.1 Å². The molecule has 162 valence electrons. The Labute approximate surface area is 169 Å². The first kappa shape index (κ1) is 20.7. The summed E-state index contributed by atoms with van der Waals surface area (Å²) in [4.78, 5) is 55.7. The van der Waals surface area contributed by atoms with Crippen LogP contribution in [0.1, 0.15) is 19.1 Å². The fraction of sp³-hybridized carbons (Fsp3) is 0.500. The minimum atomic E-state index is -3.47. The third-order valence-corrected chi connectivity index (χ3v) is 6.10. The normalized spacial score (nSPS) is 28.7. The van der Waals surface area contributed by atoms with E-state index in [0.717, 1.165) is 0 Å². The van der Waals surface area contributed by atoms with Crippen molar-refractivity contribution in [1.29, 1.82) is 0 Å². The summed E-state index contributed by atoms with van der Waals surface area (Å²) < 4.78 is 23.7. The molecule has 1 unspecified atom stereocenters. The van der Waals surface area contributed by atoms with Gasteiger partial charge in [0, 0.05) is 0 Å². The number of ether oxygens (including phenoxy) is 2. The van der Waals surface area contributed by atoms with Crippen LogP contribution in [0.15, 0.2) is 11.1 Å². The minimum absolute atomic E-state index is 0.00262.